The molecule has 0 spiro atoms. The molecular weight excluding hydrogens is 436 g/mol. The molecule has 6 nitrogen and oxygen atoms in total. The average Bonchev–Trinajstić information content (AvgIpc) is 2.76. The lowest BCUT2D eigenvalue weighted by atomic mass is 10.2. The van der Waals surface area contributed by atoms with Gasteiger partial charge in [0.1, 0.15) is 5.75 Å². The third-order valence-electron chi connectivity index (χ3n) is 4.62. The van der Waals surface area contributed by atoms with Crippen LogP contribution in [0.25, 0.3) is 0 Å². The molecule has 8 heteroatoms. The van der Waals surface area contributed by atoms with Crippen LogP contribution in [0.1, 0.15) is 12.0 Å². The fourth-order valence-corrected chi connectivity index (χ4v) is 4.72. The lowest BCUT2D eigenvalue weighted by Gasteiger charge is -2.24. The molecule has 3 rings (SSSR count). The Labute approximate surface area is 187 Å². The summed E-state index contributed by atoms with van der Waals surface area (Å²) in [5.74, 6) is 0.310. The van der Waals surface area contributed by atoms with Crippen LogP contribution < -0.4 is 14.4 Å². The van der Waals surface area contributed by atoms with Gasteiger partial charge in [0, 0.05) is 23.7 Å². The van der Waals surface area contributed by atoms with Gasteiger partial charge in [0.05, 0.1) is 17.7 Å². The number of nitrogens with zero attached hydrogens (tertiary/aromatic N) is 1. The maximum Gasteiger partial charge on any atom is 0.264 e. The molecule has 0 atom stereocenters. The highest BCUT2D eigenvalue weighted by atomic mass is 35.5. The molecule has 0 fully saturated rings. The maximum absolute atomic E-state index is 13.4. The van der Waals surface area contributed by atoms with Crippen molar-refractivity contribution in [3.63, 3.8) is 0 Å². The molecule has 0 aliphatic rings. The maximum atomic E-state index is 13.4. The summed E-state index contributed by atoms with van der Waals surface area (Å²) >= 11 is 6.01. The van der Waals surface area contributed by atoms with E-state index >= 15 is 0 Å². The second kappa shape index (κ2) is 9.85. The summed E-state index contributed by atoms with van der Waals surface area (Å²) in [5.41, 5.74) is 2.16. The smallest absolute Gasteiger partial charge is 0.264 e. The molecule has 0 saturated carbocycles. The molecule has 162 valence electrons. The summed E-state index contributed by atoms with van der Waals surface area (Å²) in [5, 5.41) is 3.11. The van der Waals surface area contributed by atoms with Crippen LogP contribution in [-0.2, 0) is 14.8 Å². The van der Waals surface area contributed by atoms with Crippen LogP contribution in [0.2, 0.25) is 5.02 Å². The summed E-state index contributed by atoms with van der Waals surface area (Å²) in [4.78, 5) is 12.5. The van der Waals surface area contributed by atoms with Crippen LogP contribution in [0, 0.1) is 6.92 Å². The summed E-state index contributed by atoms with van der Waals surface area (Å²) in [7, 11) is -2.41. The van der Waals surface area contributed by atoms with Gasteiger partial charge in [0.2, 0.25) is 5.91 Å². The van der Waals surface area contributed by atoms with E-state index in [0.29, 0.717) is 22.1 Å². The Bertz CT molecular complexity index is 1150. The Morgan fingerprint density at radius 1 is 1.03 bits per heavy atom. The first-order valence-corrected chi connectivity index (χ1v) is 11.4. The third kappa shape index (κ3) is 5.77. The first-order valence-electron chi connectivity index (χ1n) is 9.58. The van der Waals surface area contributed by atoms with Crippen molar-refractivity contribution in [3.8, 4) is 5.75 Å². The van der Waals surface area contributed by atoms with E-state index in [4.69, 9.17) is 16.3 Å². The molecule has 3 aromatic carbocycles. The van der Waals surface area contributed by atoms with Crippen molar-refractivity contribution in [2.45, 2.75) is 18.2 Å². The summed E-state index contributed by atoms with van der Waals surface area (Å²) in [6.07, 6.45) is -0.0281. The van der Waals surface area contributed by atoms with Crippen molar-refractivity contribution in [1.82, 2.24) is 0 Å². The highest BCUT2D eigenvalue weighted by Gasteiger charge is 2.26. The molecule has 3 aromatic rings. The Balaban J connectivity index is 1.84. The first-order chi connectivity index (χ1) is 14.8. The zero-order valence-corrected chi connectivity index (χ0v) is 18.8. The predicted octanol–water partition coefficient (Wildman–Crippen LogP) is 4.88. The number of halogens is 1. The summed E-state index contributed by atoms with van der Waals surface area (Å²) < 4.78 is 33.1. The first kappa shape index (κ1) is 22.7. The van der Waals surface area contributed by atoms with Gasteiger partial charge < -0.3 is 10.1 Å². The van der Waals surface area contributed by atoms with E-state index in [1.165, 1.54) is 23.5 Å². The van der Waals surface area contributed by atoms with Crippen LogP contribution in [0.15, 0.2) is 77.7 Å². The van der Waals surface area contributed by atoms with Crippen LogP contribution in [0.3, 0.4) is 0 Å². The fraction of sp³-hybridized carbons (Fsp3) is 0.174. The minimum Gasteiger partial charge on any atom is -0.497 e. The van der Waals surface area contributed by atoms with Crippen LogP contribution in [0.4, 0.5) is 11.4 Å². The molecular formula is C23H23ClN2O4S. The monoisotopic (exact) mass is 458 g/mol. The van der Waals surface area contributed by atoms with Crippen molar-refractivity contribution in [3.05, 3.63) is 83.4 Å². The van der Waals surface area contributed by atoms with Crippen molar-refractivity contribution < 1.29 is 17.9 Å². The number of methoxy groups -OCH3 is 1. The number of amides is 1. The van der Waals surface area contributed by atoms with E-state index in [1.807, 2.05) is 19.1 Å². The Morgan fingerprint density at radius 3 is 2.32 bits per heavy atom. The quantitative estimate of drug-likeness (QED) is 0.522. The minimum atomic E-state index is -3.94. The lowest BCUT2D eigenvalue weighted by Crippen LogP contribution is -2.34. The van der Waals surface area contributed by atoms with Gasteiger partial charge in [-0.1, -0.05) is 35.4 Å². The molecule has 0 radical (unpaired) electrons. The van der Waals surface area contributed by atoms with Gasteiger partial charge in [-0.3, -0.25) is 9.10 Å². The normalized spacial score (nSPS) is 11.1. The van der Waals surface area contributed by atoms with E-state index in [2.05, 4.69) is 5.32 Å². The zero-order valence-electron chi connectivity index (χ0n) is 17.2. The number of anilines is 2. The average molecular weight is 459 g/mol. The fourth-order valence-electron chi connectivity index (χ4n) is 2.95. The van der Waals surface area contributed by atoms with E-state index in [1.54, 1.807) is 48.5 Å². The third-order valence-corrected chi connectivity index (χ3v) is 6.68. The number of carbonyl (C=O) groups excluding carboxylic acids is 1. The highest BCUT2D eigenvalue weighted by Crippen LogP contribution is 2.27. The number of ether oxygens (including phenoxy) is 1. The minimum absolute atomic E-state index is 0.0281. The Kier molecular flexibility index (Phi) is 7.20. The Hall–Kier alpha value is -3.03. The van der Waals surface area contributed by atoms with E-state index < -0.39 is 10.0 Å². The van der Waals surface area contributed by atoms with Gasteiger partial charge in [-0.05, 0) is 61.5 Å². The molecule has 0 saturated heterocycles. The molecule has 0 heterocycles. The predicted molar refractivity (Wildman–Crippen MR) is 123 cm³/mol. The SMILES string of the molecule is COc1ccc(N(CCC(=O)Nc2ccc(C)cc2)S(=O)(=O)c2cccc(Cl)c2)cc1. The summed E-state index contributed by atoms with van der Waals surface area (Å²) in [6.45, 7) is 1.91. The van der Waals surface area contributed by atoms with Crippen LogP contribution in [-0.4, -0.2) is 28.0 Å². The van der Waals surface area contributed by atoms with Crippen molar-refractivity contribution in [1.29, 1.82) is 0 Å². The lowest BCUT2D eigenvalue weighted by molar-refractivity contribution is -0.116. The molecule has 0 aliphatic carbocycles. The zero-order chi connectivity index (χ0) is 22.4. The van der Waals surface area contributed by atoms with Crippen molar-refractivity contribution in [2.75, 3.05) is 23.3 Å². The van der Waals surface area contributed by atoms with Gasteiger partial charge in [-0.15, -0.1) is 0 Å². The van der Waals surface area contributed by atoms with Gasteiger partial charge in [-0.25, -0.2) is 8.42 Å². The number of carbonyl (C=O) groups is 1. The van der Waals surface area contributed by atoms with E-state index in [-0.39, 0.29) is 23.8 Å². The number of aryl methyl sites for hydroxylation is 1. The number of sulfonamides is 1. The topological polar surface area (TPSA) is 75.7 Å². The summed E-state index contributed by atoms with van der Waals surface area (Å²) in [6, 6.07) is 20.0. The number of benzene rings is 3. The number of rotatable bonds is 8. The van der Waals surface area contributed by atoms with Gasteiger partial charge in [0.25, 0.3) is 10.0 Å². The van der Waals surface area contributed by atoms with Gasteiger partial charge >= 0.3 is 0 Å². The van der Waals surface area contributed by atoms with Crippen molar-refractivity contribution in [2.24, 2.45) is 0 Å². The Morgan fingerprint density at radius 2 is 1.71 bits per heavy atom. The standard InChI is InChI=1S/C23H23ClN2O4S/c1-17-6-8-19(9-7-17)25-23(27)14-15-26(20-10-12-21(30-2)13-11-20)31(28,29)22-5-3-4-18(24)16-22/h3-13,16H,14-15H2,1-2H3,(H,25,27). The number of hydrogen-bond acceptors (Lipinski definition) is 4. The molecule has 1 N–H and O–H groups in total. The molecule has 0 aromatic heterocycles. The number of nitrogens with one attached hydrogen (secondary N) is 1. The molecule has 31 heavy (non-hydrogen) atoms. The number of hydrogen-bond donors (Lipinski definition) is 1. The molecule has 0 aliphatic heterocycles. The molecule has 0 unspecified atom stereocenters. The van der Waals surface area contributed by atoms with Gasteiger partial charge in [-0.2, -0.15) is 0 Å². The largest absolute Gasteiger partial charge is 0.497 e. The molecule has 0 bridgehead atoms. The highest BCUT2D eigenvalue weighted by molar-refractivity contribution is 7.92. The molecule has 1 amide bonds. The van der Waals surface area contributed by atoms with E-state index in [9.17, 15) is 13.2 Å². The van der Waals surface area contributed by atoms with Crippen LogP contribution >= 0.6 is 11.6 Å². The second-order valence-electron chi connectivity index (χ2n) is 6.90. The van der Waals surface area contributed by atoms with Crippen molar-refractivity contribution >= 4 is 38.9 Å². The van der Waals surface area contributed by atoms with Crippen LogP contribution in [0.5, 0.6) is 5.75 Å². The van der Waals surface area contributed by atoms with Gasteiger partial charge in [0.15, 0.2) is 0 Å². The van der Waals surface area contributed by atoms with E-state index in [0.717, 1.165) is 5.56 Å². The second-order valence-corrected chi connectivity index (χ2v) is 9.20.